The Hall–Kier alpha value is -2.74. The summed E-state index contributed by atoms with van der Waals surface area (Å²) in [7, 11) is 0. The normalized spacial score (nSPS) is 14.8. The Labute approximate surface area is 141 Å². The molecule has 0 unspecified atom stereocenters. The molecule has 0 radical (unpaired) electrons. The molecule has 4 aromatic rings. The first-order valence-electron chi connectivity index (χ1n) is 8.35. The summed E-state index contributed by atoms with van der Waals surface area (Å²) in [6.07, 6.45) is 5.77. The lowest BCUT2D eigenvalue weighted by molar-refractivity contribution is 0.650. The molecule has 0 bridgehead atoms. The quantitative estimate of drug-likeness (QED) is 0.435. The van der Waals surface area contributed by atoms with E-state index in [1.54, 1.807) is 0 Å². The van der Waals surface area contributed by atoms with Crippen LogP contribution in [0.1, 0.15) is 30.5 Å². The first-order valence-corrected chi connectivity index (χ1v) is 8.35. The fourth-order valence-electron chi connectivity index (χ4n) is 4.34. The molecule has 0 atom stereocenters. The van der Waals surface area contributed by atoms with E-state index in [1.165, 1.54) is 43.8 Å². The molecule has 2 heteroatoms. The predicted octanol–water partition coefficient (Wildman–Crippen LogP) is 5.40. The van der Waals surface area contributed by atoms with Gasteiger partial charge in [0.1, 0.15) is 0 Å². The Morgan fingerprint density at radius 1 is 0.917 bits per heavy atom. The lowest BCUT2D eigenvalue weighted by atomic mass is 9.68. The van der Waals surface area contributed by atoms with E-state index >= 15 is 0 Å². The number of hydrogen-bond donors (Lipinski definition) is 0. The lowest BCUT2D eigenvalue weighted by Crippen LogP contribution is -2.24. The van der Waals surface area contributed by atoms with E-state index in [1.807, 2.05) is 18.6 Å². The summed E-state index contributed by atoms with van der Waals surface area (Å²) in [6, 6.07) is 13.2. The zero-order chi connectivity index (χ0) is 16.5. The highest BCUT2D eigenvalue weighted by Crippen LogP contribution is 2.50. The second kappa shape index (κ2) is 4.41. The summed E-state index contributed by atoms with van der Waals surface area (Å²) in [5.41, 5.74) is 6.32. The second-order valence-electron chi connectivity index (χ2n) is 7.28. The number of nitrogens with zero attached hydrogens (tertiary/aromatic N) is 2. The number of pyridine rings is 2. The van der Waals surface area contributed by atoms with E-state index in [2.05, 4.69) is 62.2 Å². The van der Waals surface area contributed by atoms with Crippen LogP contribution in [0.3, 0.4) is 0 Å². The standard InChI is InChI=1S/C22H18N2/c1-13-10-14-6-9-24-21-17-5-4-15-12-23-8-7-16(15)20(17)22(2,3)18(11-13)19(14)21/h4-12H,1-3H3. The van der Waals surface area contributed by atoms with E-state index in [-0.39, 0.29) is 5.41 Å². The highest BCUT2D eigenvalue weighted by molar-refractivity contribution is 6.05. The highest BCUT2D eigenvalue weighted by atomic mass is 14.7. The van der Waals surface area contributed by atoms with Gasteiger partial charge in [-0.05, 0) is 41.0 Å². The zero-order valence-electron chi connectivity index (χ0n) is 14.1. The fraction of sp³-hybridized carbons (Fsp3) is 0.182. The Bertz CT molecular complexity index is 1140. The molecule has 0 N–H and O–H groups in total. The lowest BCUT2D eigenvalue weighted by Gasteiger charge is -2.35. The van der Waals surface area contributed by atoms with E-state index < -0.39 is 0 Å². The number of aromatic nitrogens is 2. The molecule has 0 saturated carbocycles. The molecule has 24 heavy (non-hydrogen) atoms. The molecule has 2 aromatic carbocycles. The van der Waals surface area contributed by atoms with Gasteiger partial charge in [0.25, 0.3) is 0 Å². The van der Waals surface area contributed by atoms with Crippen LogP contribution >= 0.6 is 0 Å². The summed E-state index contributed by atoms with van der Waals surface area (Å²) >= 11 is 0. The molecule has 1 aliphatic rings. The Morgan fingerprint density at radius 3 is 2.67 bits per heavy atom. The van der Waals surface area contributed by atoms with Crippen molar-refractivity contribution in [3.63, 3.8) is 0 Å². The summed E-state index contributed by atoms with van der Waals surface area (Å²) in [6.45, 7) is 6.83. The van der Waals surface area contributed by atoms with Gasteiger partial charge in [-0.2, -0.15) is 0 Å². The fourth-order valence-corrected chi connectivity index (χ4v) is 4.34. The van der Waals surface area contributed by atoms with Crippen molar-refractivity contribution in [3.05, 3.63) is 71.7 Å². The average molecular weight is 310 g/mol. The third-order valence-electron chi connectivity index (χ3n) is 5.38. The van der Waals surface area contributed by atoms with Gasteiger partial charge >= 0.3 is 0 Å². The predicted molar refractivity (Wildman–Crippen MR) is 99.3 cm³/mol. The van der Waals surface area contributed by atoms with Crippen LogP contribution < -0.4 is 0 Å². The van der Waals surface area contributed by atoms with Crippen molar-refractivity contribution in [2.24, 2.45) is 0 Å². The minimum absolute atomic E-state index is 0.0729. The molecular formula is C22H18N2. The summed E-state index contributed by atoms with van der Waals surface area (Å²) in [5.74, 6) is 0. The van der Waals surface area contributed by atoms with Crippen molar-refractivity contribution in [1.29, 1.82) is 0 Å². The second-order valence-corrected chi connectivity index (χ2v) is 7.28. The maximum atomic E-state index is 4.77. The molecule has 0 saturated heterocycles. The van der Waals surface area contributed by atoms with Crippen molar-refractivity contribution < 1.29 is 0 Å². The maximum Gasteiger partial charge on any atom is 0.0786 e. The Balaban J connectivity index is 2.06. The number of aryl methyl sites for hydroxylation is 1. The first kappa shape index (κ1) is 13.7. The molecule has 5 rings (SSSR count). The van der Waals surface area contributed by atoms with E-state index in [4.69, 9.17) is 4.98 Å². The van der Waals surface area contributed by atoms with Gasteiger partial charge in [0.2, 0.25) is 0 Å². The SMILES string of the molecule is Cc1cc2c3c(nccc3c1)-c1ccc3cnccc3c1C2(C)C. The van der Waals surface area contributed by atoms with Crippen LogP contribution in [0.4, 0.5) is 0 Å². The molecule has 0 amide bonds. The van der Waals surface area contributed by atoms with Crippen molar-refractivity contribution >= 4 is 21.5 Å². The third-order valence-corrected chi connectivity index (χ3v) is 5.38. The van der Waals surface area contributed by atoms with E-state index in [0.29, 0.717) is 0 Å². The molecular weight excluding hydrogens is 292 g/mol. The van der Waals surface area contributed by atoms with Crippen LogP contribution in [-0.4, -0.2) is 9.97 Å². The van der Waals surface area contributed by atoms with Crippen LogP contribution in [0.25, 0.3) is 32.8 Å². The minimum atomic E-state index is -0.0729. The Morgan fingerprint density at radius 2 is 1.79 bits per heavy atom. The van der Waals surface area contributed by atoms with Gasteiger partial charge in [0.15, 0.2) is 0 Å². The van der Waals surface area contributed by atoms with Gasteiger partial charge in [0.05, 0.1) is 5.69 Å². The largest absolute Gasteiger partial charge is 0.264 e. The van der Waals surface area contributed by atoms with Crippen LogP contribution in [0.2, 0.25) is 0 Å². The molecule has 116 valence electrons. The minimum Gasteiger partial charge on any atom is -0.264 e. The number of fused-ring (bicyclic) bond motifs is 4. The monoisotopic (exact) mass is 310 g/mol. The van der Waals surface area contributed by atoms with Gasteiger partial charge in [-0.3, -0.25) is 9.97 Å². The molecule has 0 spiro atoms. The average Bonchev–Trinajstić information content (AvgIpc) is 2.58. The van der Waals surface area contributed by atoms with Crippen LogP contribution in [0.15, 0.2) is 55.0 Å². The van der Waals surface area contributed by atoms with E-state index in [9.17, 15) is 0 Å². The van der Waals surface area contributed by atoms with Gasteiger partial charge in [-0.1, -0.05) is 43.7 Å². The van der Waals surface area contributed by atoms with Gasteiger partial charge in [-0.25, -0.2) is 0 Å². The Kier molecular flexibility index (Phi) is 2.52. The van der Waals surface area contributed by atoms with Crippen molar-refractivity contribution in [3.8, 4) is 11.3 Å². The highest BCUT2D eigenvalue weighted by Gasteiger charge is 2.35. The van der Waals surface area contributed by atoms with Gasteiger partial charge in [0, 0.05) is 40.3 Å². The zero-order valence-corrected chi connectivity index (χ0v) is 14.1. The smallest absolute Gasteiger partial charge is 0.0786 e. The van der Waals surface area contributed by atoms with Gasteiger partial charge < -0.3 is 0 Å². The van der Waals surface area contributed by atoms with E-state index in [0.717, 1.165) is 5.69 Å². The summed E-state index contributed by atoms with van der Waals surface area (Å²) < 4.78 is 0. The molecule has 2 nitrogen and oxygen atoms in total. The van der Waals surface area contributed by atoms with Crippen molar-refractivity contribution in [2.45, 2.75) is 26.2 Å². The summed E-state index contributed by atoms with van der Waals surface area (Å²) in [4.78, 5) is 9.06. The molecule has 0 fully saturated rings. The third kappa shape index (κ3) is 1.60. The van der Waals surface area contributed by atoms with Crippen LogP contribution in [-0.2, 0) is 5.41 Å². The van der Waals surface area contributed by atoms with Crippen molar-refractivity contribution in [1.82, 2.24) is 9.97 Å². The molecule has 0 aliphatic heterocycles. The molecule has 1 aliphatic carbocycles. The number of rotatable bonds is 0. The number of benzene rings is 2. The molecule has 2 aromatic heterocycles. The van der Waals surface area contributed by atoms with Crippen molar-refractivity contribution in [2.75, 3.05) is 0 Å². The maximum absolute atomic E-state index is 4.77. The molecule has 2 heterocycles. The summed E-state index contributed by atoms with van der Waals surface area (Å²) in [5, 5.41) is 5.05. The van der Waals surface area contributed by atoms with Crippen LogP contribution in [0.5, 0.6) is 0 Å². The topological polar surface area (TPSA) is 25.8 Å². The first-order chi connectivity index (χ1) is 11.6. The van der Waals surface area contributed by atoms with Gasteiger partial charge in [-0.15, -0.1) is 0 Å². The van der Waals surface area contributed by atoms with Crippen LogP contribution in [0, 0.1) is 6.92 Å². The number of hydrogen-bond acceptors (Lipinski definition) is 2.